The molecular weight excluding hydrogens is 156 g/mol. The summed E-state index contributed by atoms with van der Waals surface area (Å²) in [4.78, 5) is 19.1. The number of oxime groups is 1. The predicted molar refractivity (Wildman–Crippen MR) is 46.2 cm³/mol. The van der Waals surface area contributed by atoms with E-state index in [4.69, 9.17) is 4.84 Å². The molecule has 0 saturated carbocycles. The van der Waals surface area contributed by atoms with Crippen LogP contribution in [-0.2, 0) is 9.63 Å². The van der Waals surface area contributed by atoms with Crippen LogP contribution in [0.5, 0.6) is 0 Å². The highest BCUT2D eigenvalue weighted by atomic mass is 16.6. The number of amides is 1. The van der Waals surface area contributed by atoms with E-state index >= 15 is 0 Å². The lowest BCUT2D eigenvalue weighted by Gasteiger charge is -1.98. The fraction of sp³-hybridized carbons (Fsp3) is 0.125. The minimum Gasteiger partial charge on any atom is -0.391 e. The number of hydrogen-bond donors (Lipinski definition) is 0. The molecule has 0 spiro atoms. The van der Waals surface area contributed by atoms with Crippen LogP contribution >= 0.6 is 0 Å². The topological polar surface area (TPSA) is 51.0 Å². The average molecular weight is 164 g/mol. The van der Waals surface area contributed by atoms with Crippen molar-refractivity contribution in [3.8, 4) is 0 Å². The number of carbonyl (C=O) groups excluding carboxylic acids is 1. The molecule has 1 amide bonds. The molecule has 62 valence electrons. The zero-order valence-corrected chi connectivity index (χ0v) is 6.43. The summed E-state index contributed by atoms with van der Waals surface area (Å²) in [7, 11) is 0. The summed E-state index contributed by atoms with van der Waals surface area (Å²) < 4.78 is 0. The quantitative estimate of drug-likeness (QED) is 0.350. The van der Waals surface area contributed by atoms with Gasteiger partial charge in [0.15, 0.2) is 5.71 Å². The molecule has 1 aliphatic heterocycles. The summed E-state index contributed by atoms with van der Waals surface area (Å²) in [5, 5.41) is 3.55. The second-order valence-electron chi connectivity index (χ2n) is 2.00. The van der Waals surface area contributed by atoms with E-state index in [1.54, 1.807) is 18.2 Å². The fourth-order valence-corrected chi connectivity index (χ4v) is 0.611. The summed E-state index contributed by atoms with van der Waals surface area (Å²) in [5.41, 5.74) is 0.208. The molecule has 0 fully saturated rings. The van der Waals surface area contributed by atoms with Crippen LogP contribution in [0.1, 0.15) is 0 Å². The van der Waals surface area contributed by atoms with Crippen LogP contribution in [-0.4, -0.2) is 24.4 Å². The number of hydrogen-bond acceptors (Lipinski definition) is 3. The van der Waals surface area contributed by atoms with Crippen molar-refractivity contribution in [2.24, 2.45) is 10.1 Å². The van der Waals surface area contributed by atoms with Gasteiger partial charge < -0.3 is 4.84 Å². The Morgan fingerprint density at radius 3 is 3.25 bits per heavy atom. The van der Waals surface area contributed by atoms with E-state index in [0.717, 1.165) is 0 Å². The Labute approximate surface area is 69.9 Å². The van der Waals surface area contributed by atoms with Gasteiger partial charge >= 0.3 is 0 Å². The molecule has 0 aromatic carbocycles. The lowest BCUT2D eigenvalue weighted by molar-refractivity contribution is -0.111. The number of aliphatic imine (C=N–C) groups is 1. The Kier molecular flexibility index (Phi) is 2.95. The van der Waals surface area contributed by atoms with Crippen LogP contribution in [0.3, 0.4) is 0 Å². The molecule has 1 aliphatic rings. The Bertz CT molecular complexity index is 277. The van der Waals surface area contributed by atoms with Crippen LogP contribution in [0.2, 0.25) is 0 Å². The summed E-state index contributed by atoms with van der Waals surface area (Å²) in [6.07, 6.45) is 6.12. The number of rotatable bonds is 3. The van der Waals surface area contributed by atoms with E-state index in [2.05, 4.69) is 16.7 Å². The van der Waals surface area contributed by atoms with Gasteiger partial charge in [-0.2, -0.15) is 0 Å². The van der Waals surface area contributed by atoms with E-state index in [0.29, 0.717) is 0 Å². The molecule has 4 heteroatoms. The molecule has 0 atom stereocenters. The SMILES string of the molecule is C=CCON=C1C=CC=NC1=O. The molecular formula is C8H8N2O2. The average Bonchev–Trinajstić information content (AvgIpc) is 2.09. The lowest BCUT2D eigenvalue weighted by atomic mass is 10.3. The fourth-order valence-electron chi connectivity index (χ4n) is 0.611. The van der Waals surface area contributed by atoms with Crippen molar-refractivity contribution >= 4 is 17.8 Å². The zero-order valence-electron chi connectivity index (χ0n) is 6.43. The molecule has 0 aromatic rings. The van der Waals surface area contributed by atoms with Crippen LogP contribution in [0, 0.1) is 0 Å². The van der Waals surface area contributed by atoms with Gasteiger partial charge in [0.25, 0.3) is 5.91 Å². The summed E-state index contributed by atoms with van der Waals surface area (Å²) in [5.74, 6) is -0.387. The van der Waals surface area contributed by atoms with Gasteiger partial charge in [-0.1, -0.05) is 17.8 Å². The minimum atomic E-state index is -0.387. The first-order valence-electron chi connectivity index (χ1n) is 3.40. The maximum absolute atomic E-state index is 10.9. The zero-order chi connectivity index (χ0) is 8.81. The van der Waals surface area contributed by atoms with Crippen molar-refractivity contribution in [2.45, 2.75) is 0 Å². The van der Waals surface area contributed by atoms with Crippen molar-refractivity contribution in [3.63, 3.8) is 0 Å². The molecule has 1 rings (SSSR count). The van der Waals surface area contributed by atoms with Gasteiger partial charge in [0.2, 0.25) is 0 Å². The Morgan fingerprint density at radius 1 is 1.75 bits per heavy atom. The highest BCUT2D eigenvalue weighted by Crippen LogP contribution is 1.93. The van der Waals surface area contributed by atoms with E-state index in [1.165, 1.54) is 6.21 Å². The highest BCUT2D eigenvalue weighted by molar-refractivity contribution is 6.46. The van der Waals surface area contributed by atoms with Crippen LogP contribution in [0.15, 0.2) is 35.0 Å². The predicted octanol–water partition coefficient (Wildman–Crippen LogP) is 0.712. The number of dihydropyridines is 1. The lowest BCUT2D eigenvalue weighted by Crippen LogP contribution is -2.12. The smallest absolute Gasteiger partial charge is 0.298 e. The minimum absolute atomic E-state index is 0.208. The highest BCUT2D eigenvalue weighted by Gasteiger charge is 2.08. The third-order valence-corrected chi connectivity index (χ3v) is 1.11. The molecule has 0 aliphatic carbocycles. The molecule has 0 N–H and O–H groups in total. The molecule has 4 nitrogen and oxygen atoms in total. The molecule has 0 saturated heterocycles. The monoisotopic (exact) mass is 164 g/mol. The normalized spacial score (nSPS) is 18.3. The van der Waals surface area contributed by atoms with Gasteiger partial charge in [-0.05, 0) is 12.2 Å². The van der Waals surface area contributed by atoms with Gasteiger partial charge in [0.1, 0.15) is 6.61 Å². The standard InChI is InChI=1S/C8H8N2O2/c1-2-6-12-10-7-4-3-5-9-8(7)11/h2-5H,1,6H2. The van der Waals surface area contributed by atoms with E-state index in [9.17, 15) is 4.79 Å². The Morgan fingerprint density at radius 2 is 2.58 bits per heavy atom. The van der Waals surface area contributed by atoms with Gasteiger partial charge in [0, 0.05) is 6.21 Å². The van der Waals surface area contributed by atoms with E-state index in [-0.39, 0.29) is 18.2 Å². The van der Waals surface area contributed by atoms with Crippen LogP contribution in [0.4, 0.5) is 0 Å². The largest absolute Gasteiger partial charge is 0.391 e. The van der Waals surface area contributed by atoms with Crippen LogP contribution in [0.25, 0.3) is 0 Å². The maximum atomic E-state index is 10.9. The molecule has 0 radical (unpaired) electrons. The maximum Gasteiger partial charge on any atom is 0.298 e. The summed E-state index contributed by atoms with van der Waals surface area (Å²) >= 11 is 0. The second kappa shape index (κ2) is 4.23. The van der Waals surface area contributed by atoms with E-state index in [1.807, 2.05) is 0 Å². The van der Waals surface area contributed by atoms with Gasteiger partial charge in [-0.25, -0.2) is 4.99 Å². The first kappa shape index (κ1) is 8.39. The molecule has 0 unspecified atom stereocenters. The third kappa shape index (κ3) is 2.16. The summed E-state index contributed by atoms with van der Waals surface area (Å²) in [6.45, 7) is 3.72. The molecule has 12 heavy (non-hydrogen) atoms. The number of allylic oxidation sites excluding steroid dienone is 1. The molecule has 0 bridgehead atoms. The van der Waals surface area contributed by atoms with Gasteiger partial charge in [0.05, 0.1) is 0 Å². The van der Waals surface area contributed by atoms with Gasteiger partial charge in [-0.15, -0.1) is 0 Å². The Balaban J connectivity index is 2.56. The van der Waals surface area contributed by atoms with Crippen molar-refractivity contribution in [1.29, 1.82) is 0 Å². The first-order valence-corrected chi connectivity index (χ1v) is 3.40. The second-order valence-corrected chi connectivity index (χ2v) is 2.00. The van der Waals surface area contributed by atoms with Gasteiger partial charge in [-0.3, -0.25) is 4.79 Å². The number of carbonyl (C=O) groups is 1. The molecule has 1 heterocycles. The van der Waals surface area contributed by atoms with E-state index < -0.39 is 0 Å². The summed E-state index contributed by atoms with van der Waals surface area (Å²) in [6, 6.07) is 0. The first-order chi connectivity index (χ1) is 5.84. The van der Waals surface area contributed by atoms with Crippen molar-refractivity contribution < 1.29 is 9.63 Å². The van der Waals surface area contributed by atoms with Crippen molar-refractivity contribution in [3.05, 3.63) is 24.8 Å². The number of nitrogens with zero attached hydrogens (tertiary/aromatic N) is 2. The Hall–Kier alpha value is -1.71. The van der Waals surface area contributed by atoms with Crippen molar-refractivity contribution in [1.82, 2.24) is 0 Å². The van der Waals surface area contributed by atoms with Crippen LogP contribution < -0.4 is 0 Å². The third-order valence-electron chi connectivity index (χ3n) is 1.11. The molecule has 0 aromatic heterocycles. The van der Waals surface area contributed by atoms with Crippen molar-refractivity contribution in [2.75, 3.05) is 6.61 Å².